The first-order valence-corrected chi connectivity index (χ1v) is 7.05. The summed E-state index contributed by atoms with van der Waals surface area (Å²) in [5, 5.41) is 0. The van der Waals surface area contributed by atoms with Crippen molar-refractivity contribution in [2.75, 3.05) is 7.11 Å². The molecule has 0 saturated heterocycles. The Hall–Kier alpha value is -0.630. The Kier molecular flexibility index (Phi) is 2.26. The molecule has 0 aromatic rings. The van der Waals surface area contributed by atoms with Gasteiger partial charge in [0.25, 0.3) is 0 Å². The average molecular weight is 248 g/mol. The standard InChI is InChI=1S/C16H24O2/c1-10-8-11(17)13-14(2,3)9-15(4)7-6-12(18-5)16(10,13)15/h8,12-13H,6-7,9H2,1-5H3/t12-,13+,15+,16?/m1/s1. The molecule has 0 bridgehead atoms. The lowest BCUT2D eigenvalue weighted by Crippen LogP contribution is -2.45. The van der Waals surface area contributed by atoms with Crippen molar-refractivity contribution in [3.05, 3.63) is 11.6 Å². The van der Waals surface area contributed by atoms with E-state index in [2.05, 4.69) is 27.7 Å². The van der Waals surface area contributed by atoms with E-state index >= 15 is 0 Å². The zero-order valence-corrected chi connectivity index (χ0v) is 12.2. The molecular formula is C16H24O2. The van der Waals surface area contributed by atoms with Gasteiger partial charge in [0.2, 0.25) is 0 Å². The van der Waals surface area contributed by atoms with Crippen LogP contribution in [0.4, 0.5) is 0 Å². The molecule has 1 spiro atoms. The number of ketones is 1. The van der Waals surface area contributed by atoms with Gasteiger partial charge in [-0.1, -0.05) is 26.3 Å². The molecule has 0 aliphatic heterocycles. The number of allylic oxidation sites excluding steroid dienone is 1. The van der Waals surface area contributed by atoms with E-state index in [4.69, 9.17) is 4.74 Å². The maximum atomic E-state index is 12.5. The third-order valence-corrected chi connectivity index (χ3v) is 6.13. The summed E-state index contributed by atoms with van der Waals surface area (Å²) in [6, 6.07) is 0. The second-order valence-electron chi connectivity index (χ2n) is 7.52. The van der Waals surface area contributed by atoms with Crippen LogP contribution in [0.3, 0.4) is 0 Å². The van der Waals surface area contributed by atoms with Crippen molar-refractivity contribution in [3.63, 3.8) is 0 Å². The van der Waals surface area contributed by atoms with E-state index in [1.54, 1.807) is 0 Å². The van der Waals surface area contributed by atoms with E-state index in [9.17, 15) is 4.79 Å². The van der Waals surface area contributed by atoms with Crippen LogP contribution in [0.1, 0.15) is 47.0 Å². The number of carbonyl (C=O) groups is 1. The van der Waals surface area contributed by atoms with Gasteiger partial charge in [-0.2, -0.15) is 0 Å². The molecule has 0 amide bonds. The van der Waals surface area contributed by atoms with Crippen molar-refractivity contribution in [2.24, 2.45) is 22.2 Å². The largest absolute Gasteiger partial charge is 0.380 e. The number of rotatable bonds is 1. The molecular weight excluding hydrogens is 224 g/mol. The maximum Gasteiger partial charge on any atom is 0.160 e. The highest BCUT2D eigenvalue weighted by Crippen LogP contribution is 2.75. The van der Waals surface area contributed by atoms with Crippen LogP contribution >= 0.6 is 0 Å². The van der Waals surface area contributed by atoms with Crippen molar-refractivity contribution in [1.29, 1.82) is 0 Å². The molecule has 2 saturated carbocycles. The Balaban J connectivity index is 2.24. The highest BCUT2D eigenvalue weighted by Gasteiger charge is 2.74. The fraction of sp³-hybridized carbons (Fsp3) is 0.812. The second kappa shape index (κ2) is 3.27. The van der Waals surface area contributed by atoms with E-state index in [1.807, 2.05) is 13.2 Å². The van der Waals surface area contributed by atoms with Gasteiger partial charge < -0.3 is 4.74 Å². The van der Waals surface area contributed by atoms with Crippen molar-refractivity contribution in [2.45, 2.75) is 53.1 Å². The van der Waals surface area contributed by atoms with Gasteiger partial charge in [-0.3, -0.25) is 4.79 Å². The number of ether oxygens (including phenoxy) is 1. The van der Waals surface area contributed by atoms with Crippen LogP contribution in [-0.2, 0) is 9.53 Å². The third-order valence-electron chi connectivity index (χ3n) is 6.13. The zero-order chi connectivity index (χ0) is 13.3. The molecule has 0 heterocycles. The topological polar surface area (TPSA) is 26.3 Å². The molecule has 0 aromatic carbocycles. The lowest BCUT2D eigenvalue weighted by molar-refractivity contribution is -0.126. The smallest absolute Gasteiger partial charge is 0.160 e. The first kappa shape index (κ1) is 12.4. The van der Waals surface area contributed by atoms with E-state index in [0.717, 1.165) is 12.8 Å². The Labute approximate surface area is 110 Å². The second-order valence-corrected chi connectivity index (χ2v) is 7.52. The van der Waals surface area contributed by atoms with Crippen LogP contribution in [-0.4, -0.2) is 19.0 Å². The molecule has 3 rings (SSSR count). The van der Waals surface area contributed by atoms with Gasteiger partial charge in [0, 0.05) is 18.4 Å². The number of carbonyl (C=O) groups excluding carboxylic acids is 1. The summed E-state index contributed by atoms with van der Waals surface area (Å²) in [4.78, 5) is 12.5. The molecule has 1 unspecified atom stereocenters. The zero-order valence-electron chi connectivity index (χ0n) is 12.2. The van der Waals surface area contributed by atoms with Crippen LogP contribution in [0.25, 0.3) is 0 Å². The van der Waals surface area contributed by atoms with Gasteiger partial charge in [-0.25, -0.2) is 0 Å². The Morgan fingerprint density at radius 3 is 2.61 bits per heavy atom. The molecule has 0 N–H and O–H groups in total. The highest BCUT2D eigenvalue weighted by molar-refractivity contribution is 5.98. The van der Waals surface area contributed by atoms with Gasteiger partial charge in [0.05, 0.1) is 6.10 Å². The molecule has 18 heavy (non-hydrogen) atoms. The lowest BCUT2D eigenvalue weighted by atomic mass is 9.62. The van der Waals surface area contributed by atoms with E-state index in [1.165, 1.54) is 12.0 Å². The van der Waals surface area contributed by atoms with Crippen molar-refractivity contribution < 1.29 is 9.53 Å². The number of methoxy groups -OCH3 is 1. The van der Waals surface area contributed by atoms with Crippen molar-refractivity contribution >= 4 is 5.78 Å². The molecule has 0 radical (unpaired) electrons. The van der Waals surface area contributed by atoms with Crippen molar-refractivity contribution in [3.8, 4) is 0 Å². The van der Waals surface area contributed by atoms with Gasteiger partial charge in [0.15, 0.2) is 5.78 Å². The number of hydrogen-bond acceptors (Lipinski definition) is 2. The molecule has 3 aliphatic carbocycles. The molecule has 2 nitrogen and oxygen atoms in total. The monoisotopic (exact) mass is 248 g/mol. The van der Waals surface area contributed by atoms with Crippen LogP contribution < -0.4 is 0 Å². The fourth-order valence-electron chi connectivity index (χ4n) is 6.05. The minimum atomic E-state index is -0.0255. The molecule has 0 aromatic heterocycles. The van der Waals surface area contributed by atoms with E-state index in [-0.39, 0.29) is 28.3 Å². The SMILES string of the molecule is CO[C@@H]1CC[C@@]2(C)CC(C)(C)[C@@H]3C(=O)C=C(C)C132. The molecule has 2 heteroatoms. The maximum absolute atomic E-state index is 12.5. The molecule has 100 valence electrons. The Morgan fingerprint density at radius 1 is 1.33 bits per heavy atom. The predicted octanol–water partition coefficient (Wildman–Crippen LogP) is 3.36. The summed E-state index contributed by atoms with van der Waals surface area (Å²) in [5.41, 5.74) is 1.57. The first-order valence-electron chi connectivity index (χ1n) is 7.05. The quantitative estimate of drug-likeness (QED) is 0.711. The summed E-state index contributed by atoms with van der Waals surface area (Å²) in [7, 11) is 1.81. The molecule has 2 fully saturated rings. The molecule has 4 atom stereocenters. The van der Waals surface area contributed by atoms with Gasteiger partial charge in [-0.05, 0) is 43.1 Å². The van der Waals surface area contributed by atoms with E-state index < -0.39 is 0 Å². The fourth-order valence-corrected chi connectivity index (χ4v) is 6.05. The summed E-state index contributed by atoms with van der Waals surface area (Å²) in [6.07, 6.45) is 5.54. The van der Waals surface area contributed by atoms with Gasteiger partial charge in [0.1, 0.15) is 0 Å². The Morgan fingerprint density at radius 2 is 2.00 bits per heavy atom. The van der Waals surface area contributed by atoms with Crippen LogP contribution in [0.15, 0.2) is 11.6 Å². The normalized spacial score (nSPS) is 49.2. The molecule has 3 aliphatic rings. The summed E-state index contributed by atoms with van der Waals surface area (Å²) in [6.45, 7) is 9.05. The van der Waals surface area contributed by atoms with Gasteiger partial charge >= 0.3 is 0 Å². The van der Waals surface area contributed by atoms with Crippen molar-refractivity contribution in [1.82, 2.24) is 0 Å². The summed E-state index contributed by atoms with van der Waals surface area (Å²) < 4.78 is 5.81. The number of hydrogen-bond donors (Lipinski definition) is 0. The Bertz CT molecular complexity index is 448. The summed E-state index contributed by atoms with van der Waals surface area (Å²) in [5.74, 6) is 0.465. The minimum absolute atomic E-state index is 0.0255. The third kappa shape index (κ3) is 1.07. The predicted molar refractivity (Wildman–Crippen MR) is 71.2 cm³/mol. The van der Waals surface area contributed by atoms with Crippen LogP contribution in [0.2, 0.25) is 0 Å². The first-order chi connectivity index (χ1) is 8.29. The van der Waals surface area contributed by atoms with Crippen LogP contribution in [0, 0.1) is 22.2 Å². The van der Waals surface area contributed by atoms with E-state index in [0.29, 0.717) is 5.78 Å². The average Bonchev–Trinajstić information content (AvgIpc) is 2.72. The minimum Gasteiger partial charge on any atom is -0.380 e. The summed E-state index contributed by atoms with van der Waals surface area (Å²) >= 11 is 0. The lowest BCUT2D eigenvalue weighted by Gasteiger charge is -2.43. The highest BCUT2D eigenvalue weighted by atomic mass is 16.5. The van der Waals surface area contributed by atoms with Gasteiger partial charge in [-0.15, -0.1) is 0 Å². The van der Waals surface area contributed by atoms with Crippen LogP contribution in [0.5, 0.6) is 0 Å².